The summed E-state index contributed by atoms with van der Waals surface area (Å²) in [6.07, 6.45) is 2.82. The Hall–Kier alpha value is -1.09. The van der Waals surface area contributed by atoms with Crippen LogP contribution in [0.5, 0.6) is 5.75 Å². The summed E-state index contributed by atoms with van der Waals surface area (Å²) in [4.78, 5) is 11.2. The lowest BCUT2D eigenvalue weighted by Gasteiger charge is -2.09. The Morgan fingerprint density at radius 2 is 2.12 bits per heavy atom. The molecule has 17 heavy (non-hydrogen) atoms. The third kappa shape index (κ3) is 4.35. The Morgan fingerprint density at radius 1 is 1.41 bits per heavy atom. The van der Waals surface area contributed by atoms with Crippen LogP contribution in [0.1, 0.15) is 32.8 Å². The minimum Gasteiger partial charge on any atom is -0.493 e. The molecular formula is C14H17BrO2. The molecule has 0 bridgehead atoms. The van der Waals surface area contributed by atoms with Crippen LogP contribution in [0.4, 0.5) is 0 Å². The van der Waals surface area contributed by atoms with Gasteiger partial charge in [0.05, 0.1) is 6.61 Å². The van der Waals surface area contributed by atoms with Crippen LogP contribution in [0.15, 0.2) is 28.2 Å². The molecule has 0 saturated carbocycles. The predicted octanol–water partition coefficient (Wildman–Crippen LogP) is 4.23. The zero-order valence-corrected chi connectivity index (χ0v) is 12.0. The summed E-state index contributed by atoms with van der Waals surface area (Å²) in [5.74, 6) is 0.891. The predicted molar refractivity (Wildman–Crippen MR) is 74.3 cm³/mol. The van der Waals surface area contributed by atoms with Gasteiger partial charge in [-0.1, -0.05) is 22.9 Å². The number of hydrogen-bond donors (Lipinski definition) is 0. The van der Waals surface area contributed by atoms with Crippen LogP contribution < -0.4 is 4.74 Å². The van der Waals surface area contributed by atoms with Crippen molar-refractivity contribution in [2.45, 2.75) is 27.2 Å². The summed E-state index contributed by atoms with van der Waals surface area (Å²) >= 11 is 3.42. The van der Waals surface area contributed by atoms with E-state index in [1.165, 1.54) is 0 Å². The van der Waals surface area contributed by atoms with Crippen LogP contribution in [0.25, 0.3) is 6.08 Å². The zero-order chi connectivity index (χ0) is 12.8. The maximum atomic E-state index is 11.2. The van der Waals surface area contributed by atoms with E-state index in [4.69, 9.17) is 4.74 Å². The molecule has 92 valence electrons. The second kappa shape index (κ2) is 6.60. The molecule has 0 saturated heterocycles. The minimum atomic E-state index is 0.0754. The molecule has 0 fully saturated rings. The van der Waals surface area contributed by atoms with Gasteiger partial charge in [0.2, 0.25) is 0 Å². The highest BCUT2D eigenvalue weighted by Gasteiger charge is 2.04. The summed E-state index contributed by atoms with van der Waals surface area (Å²) < 4.78 is 6.62. The van der Waals surface area contributed by atoms with E-state index in [-0.39, 0.29) is 5.78 Å². The summed E-state index contributed by atoms with van der Waals surface area (Å²) in [5.41, 5.74) is 1.66. The number of Topliss-reactive ketones (excluding diaryl/α,β-unsaturated/α-hetero) is 1. The summed E-state index contributed by atoms with van der Waals surface area (Å²) in [5, 5.41) is 0. The average Bonchev–Trinajstić information content (AvgIpc) is 2.28. The lowest BCUT2D eigenvalue weighted by Crippen LogP contribution is -1.98. The van der Waals surface area contributed by atoms with Gasteiger partial charge >= 0.3 is 0 Å². The molecule has 1 aromatic carbocycles. The van der Waals surface area contributed by atoms with Crippen molar-refractivity contribution in [1.82, 2.24) is 0 Å². The number of allylic oxidation sites excluding steroid dienone is 1. The highest BCUT2D eigenvalue weighted by molar-refractivity contribution is 9.10. The number of ketones is 1. The van der Waals surface area contributed by atoms with Crippen molar-refractivity contribution in [2.75, 3.05) is 6.61 Å². The number of carbonyl (C=O) groups is 1. The van der Waals surface area contributed by atoms with E-state index in [9.17, 15) is 4.79 Å². The van der Waals surface area contributed by atoms with Crippen molar-refractivity contribution in [3.05, 3.63) is 33.8 Å². The number of carbonyl (C=O) groups excluding carboxylic acids is 1. The first-order chi connectivity index (χ1) is 8.04. The van der Waals surface area contributed by atoms with Gasteiger partial charge in [0.1, 0.15) is 5.75 Å². The molecule has 0 aliphatic rings. The van der Waals surface area contributed by atoms with Gasteiger partial charge in [-0.05, 0) is 50.1 Å². The summed E-state index contributed by atoms with van der Waals surface area (Å²) in [6.45, 7) is 6.13. The highest BCUT2D eigenvalue weighted by Crippen LogP contribution is 2.25. The van der Waals surface area contributed by atoms with Crippen LogP contribution in [0, 0.1) is 0 Å². The van der Waals surface area contributed by atoms with Crippen molar-refractivity contribution < 1.29 is 9.53 Å². The van der Waals surface area contributed by atoms with E-state index in [0.29, 0.717) is 6.61 Å². The Morgan fingerprint density at radius 3 is 2.71 bits per heavy atom. The van der Waals surface area contributed by atoms with Crippen LogP contribution in [-0.4, -0.2) is 12.4 Å². The van der Waals surface area contributed by atoms with Crippen molar-refractivity contribution in [1.29, 1.82) is 0 Å². The first kappa shape index (κ1) is 14.0. The molecule has 3 heteroatoms. The maximum Gasteiger partial charge on any atom is 0.155 e. The molecule has 1 rings (SSSR count). The lowest BCUT2D eigenvalue weighted by molar-refractivity contribution is -0.113. The van der Waals surface area contributed by atoms with Gasteiger partial charge < -0.3 is 4.74 Å². The third-order valence-corrected chi connectivity index (χ3v) is 2.85. The fraction of sp³-hybridized carbons (Fsp3) is 0.357. The van der Waals surface area contributed by atoms with Crippen LogP contribution in [0.3, 0.4) is 0 Å². The molecule has 0 N–H and O–H groups in total. The summed E-state index contributed by atoms with van der Waals surface area (Å²) in [6, 6.07) is 5.81. The number of halogens is 1. The Balaban J connectivity index is 3.06. The van der Waals surface area contributed by atoms with Gasteiger partial charge in [0.25, 0.3) is 0 Å². The first-order valence-electron chi connectivity index (χ1n) is 5.66. The summed E-state index contributed by atoms with van der Waals surface area (Å²) in [7, 11) is 0. The Kier molecular flexibility index (Phi) is 5.42. The van der Waals surface area contributed by atoms with Gasteiger partial charge in [-0.25, -0.2) is 0 Å². The van der Waals surface area contributed by atoms with E-state index >= 15 is 0 Å². The molecule has 0 amide bonds. The lowest BCUT2D eigenvalue weighted by atomic mass is 10.1. The van der Waals surface area contributed by atoms with E-state index in [1.54, 1.807) is 6.92 Å². The van der Waals surface area contributed by atoms with E-state index in [2.05, 4.69) is 22.9 Å². The largest absolute Gasteiger partial charge is 0.493 e. The molecule has 2 nitrogen and oxygen atoms in total. The molecule has 1 aromatic rings. The molecule has 0 aliphatic heterocycles. The first-order valence-corrected chi connectivity index (χ1v) is 6.45. The van der Waals surface area contributed by atoms with Gasteiger partial charge in [-0.15, -0.1) is 0 Å². The fourth-order valence-electron chi connectivity index (χ4n) is 1.31. The SMILES string of the molecule is CCCOc1ccc(Br)cc1/C=C(/C)C(C)=O. The van der Waals surface area contributed by atoms with Gasteiger partial charge in [0.15, 0.2) is 5.78 Å². The van der Waals surface area contributed by atoms with Crippen molar-refractivity contribution in [3.63, 3.8) is 0 Å². The van der Waals surface area contributed by atoms with Gasteiger partial charge in [0, 0.05) is 10.0 Å². The van der Waals surface area contributed by atoms with Crippen LogP contribution >= 0.6 is 15.9 Å². The molecular weight excluding hydrogens is 280 g/mol. The standard InChI is InChI=1S/C14H17BrO2/c1-4-7-17-14-6-5-13(15)9-12(14)8-10(2)11(3)16/h5-6,8-9H,4,7H2,1-3H3/b10-8-. The molecule has 0 unspecified atom stereocenters. The monoisotopic (exact) mass is 296 g/mol. The zero-order valence-electron chi connectivity index (χ0n) is 10.4. The second-order valence-corrected chi connectivity index (χ2v) is 4.83. The van der Waals surface area contributed by atoms with Crippen molar-refractivity contribution in [3.8, 4) is 5.75 Å². The molecule has 0 aliphatic carbocycles. The van der Waals surface area contributed by atoms with E-state index < -0.39 is 0 Å². The normalized spacial score (nSPS) is 11.4. The number of benzene rings is 1. The van der Waals surface area contributed by atoms with Crippen molar-refractivity contribution >= 4 is 27.8 Å². The van der Waals surface area contributed by atoms with E-state index in [0.717, 1.165) is 27.8 Å². The molecule has 0 spiro atoms. The topological polar surface area (TPSA) is 26.3 Å². The third-order valence-electron chi connectivity index (χ3n) is 2.36. The quantitative estimate of drug-likeness (QED) is 0.760. The Bertz CT molecular complexity index is 436. The molecule has 0 aromatic heterocycles. The molecule has 0 atom stereocenters. The van der Waals surface area contributed by atoms with Crippen LogP contribution in [0.2, 0.25) is 0 Å². The molecule has 0 heterocycles. The average molecular weight is 297 g/mol. The van der Waals surface area contributed by atoms with Crippen molar-refractivity contribution in [2.24, 2.45) is 0 Å². The smallest absolute Gasteiger partial charge is 0.155 e. The number of ether oxygens (including phenoxy) is 1. The second-order valence-electron chi connectivity index (χ2n) is 3.91. The maximum absolute atomic E-state index is 11.2. The number of hydrogen-bond acceptors (Lipinski definition) is 2. The Labute approximate surface area is 111 Å². The van der Waals surface area contributed by atoms with Crippen LogP contribution in [-0.2, 0) is 4.79 Å². The highest BCUT2D eigenvalue weighted by atomic mass is 79.9. The fourth-order valence-corrected chi connectivity index (χ4v) is 1.69. The number of rotatable bonds is 5. The molecule has 0 radical (unpaired) electrons. The van der Waals surface area contributed by atoms with Gasteiger partial charge in [-0.3, -0.25) is 4.79 Å². The van der Waals surface area contributed by atoms with Gasteiger partial charge in [-0.2, -0.15) is 0 Å². The minimum absolute atomic E-state index is 0.0754. The van der Waals surface area contributed by atoms with E-state index in [1.807, 2.05) is 31.2 Å².